The van der Waals surface area contributed by atoms with Gasteiger partial charge in [0.25, 0.3) is 0 Å². The number of aryl methyl sites for hydroxylation is 2. The van der Waals surface area contributed by atoms with E-state index in [0.29, 0.717) is 5.31 Å². The second-order valence-corrected chi connectivity index (χ2v) is 10.5. The molecule has 0 N–H and O–H groups in total. The lowest BCUT2D eigenvalue weighted by Crippen LogP contribution is -2.20. The van der Waals surface area contributed by atoms with Gasteiger partial charge in [0.1, 0.15) is 12.4 Å². The molecule has 31 heavy (non-hydrogen) atoms. The fourth-order valence-electron chi connectivity index (χ4n) is 3.74. The average molecular weight is 431 g/mol. The predicted octanol–water partition coefficient (Wildman–Crippen LogP) is 6.93. The van der Waals surface area contributed by atoms with E-state index >= 15 is 0 Å². The molecule has 0 aromatic heterocycles. The first kappa shape index (κ1) is 22.9. The minimum atomic E-state index is -3.12. The van der Waals surface area contributed by atoms with Gasteiger partial charge in [-0.1, -0.05) is 92.7 Å². The van der Waals surface area contributed by atoms with Crippen molar-refractivity contribution in [2.75, 3.05) is 6.61 Å². The third-order valence-electron chi connectivity index (χ3n) is 5.56. The minimum absolute atomic E-state index is 0.232. The second kappa shape index (κ2) is 10.5. The minimum Gasteiger partial charge on any atom is -0.488 e. The first-order chi connectivity index (χ1) is 15.0. The average Bonchev–Trinajstić information content (AvgIpc) is 2.81. The van der Waals surface area contributed by atoms with E-state index in [9.17, 15) is 4.57 Å². The summed E-state index contributed by atoms with van der Waals surface area (Å²) in [6, 6.07) is 25.6. The van der Waals surface area contributed by atoms with E-state index in [0.717, 1.165) is 45.9 Å². The first-order valence-electron chi connectivity index (χ1n) is 10.9. The Balaban J connectivity index is 2.20. The van der Waals surface area contributed by atoms with Crippen LogP contribution in [0.5, 0.6) is 5.75 Å². The largest absolute Gasteiger partial charge is 0.488 e. The molecule has 3 rings (SSSR count). The molecule has 0 aliphatic heterocycles. The van der Waals surface area contributed by atoms with Crippen LogP contribution in [0.1, 0.15) is 37.8 Å². The lowest BCUT2D eigenvalue weighted by atomic mass is 10.1. The van der Waals surface area contributed by atoms with Crippen LogP contribution in [-0.4, -0.2) is 6.61 Å². The van der Waals surface area contributed by atoms with Crippen molar-refractivity contribution < 1.29 is 9.30 Å². The molecule has 2 nitrogen and oxygen atoms in total. The van der Waals surface area contributed by atoms with Crippen LogP contribution in [0.25, 0.3) is 0 Å². The highest BCUT2D eigenvalue weighted by Crippen LogP contribution is 2.51. The van der Waals surface area contributed by atoms with Crippen molar-refractivity contribution in [3.63, 3.8) is 0 Å². The predicted molar refractivity (Wildman–Crippen MR) is 132 cm³/mol. The van der Waals surface area contributed by atoms with Crippen LogP contribution in [0.3, 0.4) is 0 Å². The Morgan fingerprint density at radius 3 is 1.71 bits per heavy atom. The molecule has 0 atom stereocenters. The molecule has 0 fully saturated rings. The summed E-state index contributed by atoms with van der Waals surface area (Å²) in [5.41, 5.74) is 6.84. The molecule has 3 aromatic carbocycles. The van der Waals surface area contributed by atoms with E-state index in [4.69, 9.17) is 4.74 Å². The van der Waals surface area contributed by atoms with Crippen LogP contribution < -0.4 is 15.3 Å². The van der Waals surface area contributed by atoms with Crippen molar-refractivity contribution >= 4 is 17.8 Å². The van der Waals surface area contributed by atoms with Crippen LogP contribution in [0.15, 0.2) is 95.5 Å². The molecular weight excluding hydrogens is 399 g/mol. The number of hydrogen-bond donors (Lipinski definition) is 0. The number of para-hydroxylation sites is 1. The molecule has 0 aliphatic carbocycles. The summed E-state index contributed by atoms with van der Waals surface area (Å²) in [7, 11) is -3.12. The van der Waals surface area contributed by atoms with Crippen molar-refractivity contribution in [1.29, 1.82) is 0 Å². The van der Waals surface area contributed by atoms with E-state index in [2.05, 4.69) is 19.6 Å². The number of hydrogen-bond acceptors (Lipinski definition) is 2. The zero-order valence-electron chi connectivity index (χ0n) is 18.9. The standard InChI is InChI=1S/C28H31O2P/c1-5-24(6-2)20-27(21-30-28-22(3)14-13-15-23(28)4)31(29,25-16-9-7-10-17-25)26-18-11-8-12-19-26/h7-19H,5-6,21H2,1-4H3. The number of ether oxygens (including phenoxy) is 1. The van der Waals surface area contributed by atoms with E-state index in [-0.39, 0.29) is 6.61 Å². The highest BCUT2D eigenvalue weighted by molar-refractivity contribution is 7.82. The highest BCUT2D eigenvalue weighted by atomic mass is 31.2. The maximum atomic E-state index is 14.9. The zero-order chi connectivity index (χ0) is 22.3. The summed E-state index contributed by atoms with van der Waals surface area (Å²) in [4.78, 5) is 0. The molecule has 0 spiro atoms. The molecule has 3 aromatic rings. The van der Waals surface area contributed by atoms with Gasteiger partial charge in [0, 0.05) is 10.6 Å². The van der Waals surface area contributed by atoms with Crippen molar-refractivity contribution in [1.82, 2.24) is 0 Å². The maximum Gasteiger partial charge on any atom is 0.177 e. The lowest BCUT2D eigenvalue weighted by Gasteiger charge is -2.23. The quantitative estimate of drug-likeness (QED) is 0.286. The number of benzene rings is 3. The Kier molecular flexibility index (Phi) is 7.75. The summed E-state index contributed by atoms with van der Waals surface area (Å²) in [6.07, 6.45) is 1.74. The topological polar surface area (TPSA) is 26.3 Å². The second-order valence-electron chi connectivity index (χ2n) is 7.67. The molecule has 0 amide bonds. The monoisotopic (exact) mass is 430 g/mol. The maximum absolute atomic E-state index is 14.9. The fraction of sp³-hybridized carbons (Fsp3) is 0.250. The molecule has 0 saturated carbocycles. The summed E-state index contributed by atoms with van der Waals surface area (Å²) < 4.78 is 21.2. The summed E-state index contributed by atoms with van der Waals surface area (Å²) >= 11 is 0. The van der Waals surface area contributed by atoms with Gasteiger partial charge in [0.2, 0.25) is 0 Å². The molecule has 0 aliphatic rings. The molecule has 0 radical (unpaired) electrons. The number of rotatable bonds is 8. The first-order valence-corrected chi connectivity index (χ1v) is 12.6. The highest BCUT2D eigenvalue weighted by Gasteiger charge is 2.32. The molecule has 0 unspecified atom stereocenters. The van der Waals surface area contributed by atoms with Crippen molar-refractivity contribution in [2.24, 2.45) is 0 Å². The van der Waals surface area contributed by atoms with Gasteiger partial charge >= 0.3 is 0 Å². The molecule has 0 saturated heterocycles. The fourth-order valence-corrected chi connectivity index (χ4v) is 6.41. The Bertz CT molecular complexity index is 1050. The zero-order valence-corrected chi connectivity index (χ0v) is 19.8. The van der Waals surface area contributed by atoms with Gasteiger partial charge in [-0.25, -0.2) is 0 Å². The summed E-state index contributed by atoms with van der Waals surface area (Å²) in [5.74, 6) is 0.851. The smallest absolute Gasteiger partial charge is 0.177 e. The van der Waals surface area contributed by atoms with Gasteiger partial charge in [0.15, 0.2) is 7.14 Å². The molecule has 3 heteroatoms. The van der Waals surface area contributed by atoms with Gasteiger partial charge in [-0.2, -0.15) is 0 Å². The van der Waals surface area contributed by atoms with Crippen LogP contribution in [0, 0.1) is 13.8 Å². The van der Waals surface area contributed by atoms with Crippen molar-refractivity contribution in [3.8, 4) is 5.75 Å². The normalized spacial score (nSPS) is 11.0. The van der Waals surface area contributed by atoms with E-state index in [1.165, 1.54) is 0 Å². The van der Waals surface area contributed by atoms with Crippen LogP contribution in [-0.2, 0) is 4.57 Å². The van der Waals surface area contributed by atoms with Gasteiger partial charge < -0.3 is 9.30 Å². The molecule has 160 valence electrons. The third kappa shape index (κ3) is 5.10. The molecule has 0 bridgehead atoms. The molecular formula is C28H31O2P. The van der Waals surface area contributed by atoms with E-state index in [1.807, 2.05) is 92.7 Å². The van der Waals surface area contributed by atoms with Crippen LogP contribution in [0.2, 0.25) is 0 Å². The van der Waals surface area contributed by atoms with Crippen LogP contribution >= 0.6 is 7.14 Å². The SMILES string of the molecule is CCC(=C=C(COc1c(C)cccc1C)P(=O)(c1ccccc1)c1ccccc1)CC. The molecule has 0 heterocycles. The van der Waals surface area contributed by atoms with Gasteiger partial charge in [-0.15, -0.1) is 5.73 Å². The lowest BCUT2D eigenvalue weighted by molar-refractivity contribution is 0.353. The van der Waals surface area contributed by atoms with Gasteiger partial charge in [-0.05, 0) is 43.4 Å². The van der Waals surface area contributed by atoms with E-state index < -0.39 is 7.14 Å². The van der Waals surface area contributed by atoms with Crippen LogP contribution in [0.4, 0.5) is 0 Å². The van der Waals surface area contributed by atoms with E-state index in [1.54, 1.807) is 0 Å². The third-order valence-corrected chi connectivity index (χ3v) is 8.61. The Morgan fingerprint density at radius 1 is 0.774 bits per heavy atom. The summed E-state index contributed by atoms with van der Waals surface area (Å²) in [5, 5.41) is 2.33. The Hall–Kier alpha value is -2.79. The van der Waals surface area contributed by atoms with Crippen molar-refractivity contribution in [2.45, 2.75) is 40.5 Å². The van der Waals surface area contributed by atoms with Crippen molar-refractivity contribution in [3.05, 3.63) is 107 Å². The van der Waals surface area contributed by atoms with Gasteiger partial charge in [0.05, 0.1) is 5.31 Å². The van der Waals surface area contributed by atoms with Gasteiger partial charge in [-0.3, -0.25) is 0 Å². The Labute approximate surface area is 186 Å². The summed E-state index contributed by atoms with van der Waals surface area (Å²) in [6.45, 7) is 8.55. The Morgan fingerprint density at radius 2 is 1.26 bits per heavy atom.